The van der Waals surface area contributed by atoms with Crippen LogP contribution in [-0.4, -0.2) is 53.3 Å². The van der Waals surface area contributed by atoms with Crippen molar-refractivity contribution >= 4 is 43.4 Å². The summed E-state index contributed by atoms with van der Waals surface area (Å²) < 4.78 is 24.5. The van der Waals surface area contributed by atoms with Crippen LogP contribution in [0, 0.1) is 19.3 Å². The maximum Gasteiger partial charge on any atom is 0.404 e. The van der Waals surface area contributed by atoms with Crippen molar-refractivity contribution in [3.8, 4) is 28.4 Å². The lowest BCUT2D eigenvalue weighted by Crippen LogP contribution is -2.52. The third-order valence-corrected chi connectivity index (χ3v) is 14.8. The molecule has 14 heteroatoms. The quantitative estimate of drug-likeness (QED) is 0.147. The first kappa shape index (κ1) is 38.5. The fourth-order valence-corrected chi connectivity index (χ4v) is 7.76. The number of aryl methyl sites for hydroxylation is 2. The van der Waals surface area contributed by atoms with Gasteiger partial charge in [-0.1, -0.05) is 76.0 Å². The van der Waals surface area contributed by atoms with Crippen LogP contribution in [0.3, 0.4) is 0 Å². The van der Waals surface area contributed by atoms with Crippen molar-refractivity contribution in [1.82, 2.24) is 20.1 Å². The van der Waals surface area contributed by atoms with Gasteiger partial charge in [-0.25, -0.2) is 14.8 Å². The highest BCUT2D eigenvalue weighted by Crippen LogP contribution is 2.43. The molecular formula is C37H48Cl2N6O5Si. The summed E-state index contributed by atoms with van der Waals surface area (Å²) in [7, 11) is -2.29. The largest absolute Gasteiger partial charge is 0.487 e. The number of rotatable bonds is 11. The van der Waals surface area contributed by atoms with Crippen molar-refractivity contribution in [2.75, 3.05) is 11.5 Å². The summed E-state index contributed by atoms with van der Waals surface area (Å²) in [5.74, 6) is 2.04. The van der Waals surface area contributed by atoms with E-state index in [-0.39, 0.29) is 11.6 Å². The van der Waals surface area contributed by atoms with Gasteiger partial charge in [0, 0.05) is 30.1 Å². The number of fused-ring (bicyclic) bond motifs is 1. The molecule has 5 rings (SSSR count). The Balaban J connectivity index is 1.58. The minimum Gasteiger partial charge on any atom is -0.487 e. The van der Waals surface area contributed by atoms with E-state index in [1.807, 2.05) is 32.0 Å². The molecule has 0 saturated carbocycles. The number of ether oxygens (including phenoxy) is 2. The average Bonchev–Trinajstić information content (AvgIpc) is 3.61. The van der Waals surface area contributed by atoms with Crippen molar-refractivity contribution in [3.63, 3.8) is 0 Å². The topological polar surface area (TPSA) is 139 Å². The molecule has 0 aliphatic carbocycles. The second-order valence-corrected chi connectivity index (χ2v) is 21.2. The number of nitrogens with zero attached hydrogens (tertiary/aromatic N) is 5. The van der Waals surface area contributed by atoms with Gasteiger partial charge >= 0.3 is 6.09 Å². The van der Waals surface area contributed by atoms with Crippen molar-refractivity contribution in [3.05, 3.63) is 69.3 Å². The maximum atomic E-state index is 11.5. The number of amides is 1. The highest BCUT2D eigenvalue weighted by atomic mass is 35.5. The molecule has 2 atom stereocenters. The number of benzene rings is 1. The Morgan fingerprint density at radius 1 is 1.08 bits per heavy atom. The molecule has 0 saturated heterocycles. The van der Waals surface area contributed by atoms with Crippen molar-refractivity contribution < 1.29 is 23.2 Å². The summed E-state index contributed by atoms with van der Waals surface area (Å²) in [5, 5.41) is 4.90. The Morgan fingerprint density at radius 2 is 1.80 bits per heavy atom. The molecule has 11 nitrogen and oxygen atoms in total. The molecule has 3 aromatic heterocycles. The van der Waals surface area contributed by atoms with E-state index in [0.717, 1.165) is 11.3 Å². The van der Waals surface area contributed by atoms with Gasteiger partial charge in [0.05, 0.1) is 41.2 Å². The first-order valence-electron chi connectivity index (χ1n) is 17.0. The molecule has 0 fully saturated rings. The Labute approximate surface area is 311 Å². The van der Waals surface area contributed by atoms with E-state index in [9.17, 15) is 4.79 Å². The molecule has 1 aliphatic heterocycles. The standard InChI is InChI=1S/C37H48Cl2N6O5Si/c1-21-29(22(2)49-44-21)31-30(39)34(45-19-23-12-11-16-41-27(23)20-45)43-33(42-31)25-18-24(13-14-26(25)38)48-32(36(3,4)5)28(15-17-47-35(40)46)50-51(9,10)37(6,7)8/h11-14,16,18,28,32H,15,17,19-20H2,1-10H3,(H2,40,46)/t28-,32?/m1/s1. The van der Waals surface area contributed by atoms with Gasteiger partial charge in [0.15, 0.2) is 20.0 Å². The number of primary amides is 1. The molecule has 51 heavy (non-hydrogen) atoms. The summed E-state index contributed by atoms with van der Waals surface area (Å²) in [4.78, 5) is 28.1. The highest BCUT2D eigenvalue weighted by Gasteiger charge is 2.44. The van der Waals surface area contributed by atoms with E-state index in [4.69, 9.17) is 57.3 Å². The van der Waals surface area contributed by atoms with Crippen molar-refractivity contribution in [1.29, 1.82) is 0 Å². The van der Waals surface area contributed by atoms with Crippen LogP contribution in [-0.2, 0) is 22.3 Å². The number of anilines is 1. The second kappa shape index (κ2) is 14.7. The molecule has 1 amide bonds. The molecule has 1 aromatic carbocycles. The highest BCUT2D eigenvalue weighted by molar-refractivity contribution is 6.74. The molecule has 4 heterocycles. The lowest BCUT2D eigenvalue weighted by molar-refractivity contribution is -0.0302. The van der Waals surface area contributed by atoms with Gasteiger partial charge in [0.1, 0.15) is 28.3 Å². The van der Waals surface area contributed by atoms with Crippen LogP contribution in [0.4, 0.5) is 10.6 Å². The third-order valence-electron chi connectivity index (χ3n) is 9.62. The number of hydrogen-bond acceptors (Lipinski definition) is 10. The zero-order chi connectivity index (χ0) is 37.5. The van der Waals surface area contributed by atoms with Crippen LogP contribution < -0.4 is 15.4 Å². The van der Waals surface area contributed by atoms with E-state index >= 15 is 0 Å². The van der Waals surface area contributed by atoms with Gasteiger partial charge in [-0.05, 0) is 61.8 Å². The minimum absolute atomic E-state index is 0.0685. The van der Waals surface area contributed by atoms with Crippen molar-refractivity contribution in [2.24, 2.45) is 11.1 Å². The number of carbonyl (C=O) groups is 1. The van der Waals surface area contributed by atoms with Gasteiger partial charge in [0.25, 0.3) is 0 Å². The molecular weight excluding hydrogens is 707 g/mol. The molecule has 4 aromatic rings. The molecule has 0 bridgehead atoms. The summed E-state index contributed by atoms with van der Waals surface area (Å²) in [6, 6.07) is 9.42. The lowest BCUT2D eigenvalue weighted by Gasteiger charge is -2.44. The van der Waals surface area contributed by atoms with Gasteiger partial charge in [-0.2, -0.15) is 0 Å². The predicted octanol–water partition coefficient (Wildman–Crippen LogP) is 9.31. The summed E-state index contributed by atoms with van der Waals surface area (Å²) in [6.07, 6.45) is 0.485. The number of pyridine rings is 1. The number of nitrogens with two attached hydrogens (primary N) is 1. The van der Waals surface area contributed by atoms with Crippen LogP contribution in [0.15, 0.2) is 41.1 Å². The first-order valence-corrected chi connectivity index (χ1v) is 20.7. The Hall–Kier alpha value is -3.71. The molecule has 0 spiro atoms. The van der Waals surface area contributed by atoms with Gasteiger partial charge < -0.3 is 29.1 Å². The SMILES string of the molecule is Cc1noc(C)c1-c1nc(-c2cc(OC([C@@H](CCOC(N)=O)O[Si](C)(C)C(C)(C)C)C(C)(C)C)ccc2Cl)nc(N2Cc3cccnc3C2)c1Cl. The number of halogens is 2. The molecule has 2 N–H and O–H groups in total. The number of carbonyl (C=O) groups excluding carboxylic acids is 1. The first-order chi connectivity index (χ1) is 23.8. The van der Waals surface area contributed by atoms with Gasteiger partial charge in [-0.15, -0.1) is 0 Å². The average molecular weight is 756 g/mol. The zero-order valence-corrected chi connectivity index (χ0v) is 33.6. The minimum atomic E-state index is -2.29. The fraction of sp³-hybridized carbons (Fsp3) is 0.486. The molecule has 274 valence electrons. The third kappa shape index (κ3) is 8.51. The normalized spacial score (nSPS) is 14.7. The van der Waals surface area contributed by atoms with Gasteiger partial charge in [-0.3, -0.25) is 4.98 Å². The summed E-state index contributed by atoms with van der Waals surface area (Å²) in [6.45, 7) is 22.1. The maximum absolute atomic E-state index is 11.5. The smallest absolute Gasteiger partial charge is 0.404 e. The van der Waals surface area contributed by atoms with Crippen LogP contribution in [0.1, 0.15) is 70.7 Å². The predicted molar refractivity (Wildman–Crippen MR) is 203 cm³/mol. The summed E-state index contributed by atoms with van der Waals surface area (Å²) >= 11 is 14.1. The van der Waals surface area contributed by atoms with Crippen molar-refractivity contribution in [2.45, 2.75) is 105 Å². The Kier molecular flexibility index (Phi) is 11.1. The zero-order valence-electron chi connectivity index (χ0n) is 31.1. The monoisotopic (exact) mass is 754 g/mol. The van der Waals surface area contributed by atoms with E-state index in [0.29, 0.717) is 75.2 Å². The van der Waals surface area contributed by atoms with E-state index in [2.05, 4.69) is 75.7 Å². The van der Waals surface area contributed by atoms with E-state index in [1.165, 1.54) is 0 Å². The van der Waals surface area contributed by atoms with Crippen LogP contribution in [0.2, 0.25) is 28.2 Å². The fourth-order valence-electron chi connectivity index (χ4n) is 5.91. The Morgan fingerprint density at radius 3 is 2.41 bits per heavy atom. The van der Waals surface area contributed by atoms with Gasteiger partial charge in [0.2, 0.25) is 0 Å². The lowest BCUT2D eigenvalue weighted by atomic mass is 9.84. The van der Waals surface area contributed by atoms with Crippen LogP contribution in [0.25, 0.3) is 22.6 Å². The number of aromatic nitrogens is 4. The second-order valence-electron chi connectivity index (χ2n) is 15.6. The molecule has 0 radical (unpaired) electrons. The van der Waals surface area contributed by atoms with E-state index < -0.39 is 32.0 Å². The Bertz CT molecular complexity index is 1860. The van der Waals surface area contributed by atoms with Crippen LogP contribution >= 0.6 is 23.2 Å². The summed E-state index contributed by atoms with van der Waals surface area (Å²) in [5.41, 5.74) is 9.38. The van der Waals surface area contributed by atoms with Crippen LogP contribution in [0.5, 0.6) is 5.75 Å². The molecule has 1 unspecified atom stereocenters. The molecule has 1 aliphatic rings. The van der Waals surface area contributed by atoms with E-state index in [1.54, 1.807) is 12.3 Å². The number of hydrogen-bond donors (Lipinski definition) is 1.